The second kappa shape index (κ2) is 9.36. The van der Waals surface area contributed by atoms with Crippen LogP contribution in [0.1, 0.15) is 30.1 Å². The summed E-state index contributed by atoms with van der Waals surface area (Å²) in [6, 6.07) is 13.4. The molecule has 0 aliphatic heterocycles. The van der Waals surface area contributed by atoms with Gasteiger partial charge in [0.2, 0.25) is 15.9 Å². The molecule has 7 nitrogen and oxygen atoms in total. The van der Waals surface area contributed by atoms with Gasteiger partial charge in [-0.25, -0.2) is 8.42 Å². The maximum Gasteiger partial charge on any atom is 0.232 e. The maximum atomic E-state index is 12.2. The molecular formula is C20H24N2O5S. The highest BCUT2D eigenvalue weighted by atomic mass is 32.2. The van der Waals surface area contributed by atoms with E-state index >= 15 is 0 Å². The SMILES string of the molecule is COc1ccc(N(CCCC(=O)Nc2cccc(C(C)=O)c2)S(C)(=O)=O)cc1. The van der Waals surface area contributed by atoms with Gasteiger partial charge in [-0.1, -0.05) is 12.1 Å². The molecule has 0 bridgehead atoms. The average molecular weight is 404 g/mol. The summed E-state index contributed by atoms with van der Waals surface area (Å²) in [5.41, 5.74) is 1.56. The summed E-state index contributed by atoms with van der Waals surface area (Å²) in [6.45, 7) is 1.63. The molecule has 2 aromatic carbocycles. The number of Topliss-reactive ketones (excluding diaryl/α,β-unsaturated/α-hetero) is 1. The number of amides is 1. The Kier molecular flexibility index (Phi) is 7.17. The third kappa shape index (κ3) is 6.09. The van der Waals surface area contributed by atoms with Crippen LogP contribution in [0.25, 0.3) is 0 Å². The molecule has 0 saturated carbocycles. The molecule has 2 rings (SSSR count). The lowest BCUT2D eigenvalue weighted by atomic mass is 10.1. The molecule has 0 aromatic heterocycles. The Morgan fingerprint density at radius 1 is 1.11 bits per heavy atom. The Morgan fingerprint density at radius 2 is 1.79 bits per heavy atom. The molecule has 150 valence electrons. The van der Waals surface area contributed by atoms with Gasteiger partial charge in [0.05, 0.1) is 19.1 Å². The minimum atomic E-state index is -3.49. The molecule has 1 amide bonds. The van der Waals surface area contributed by atoms with Gasteiger partial charge in [-0.15, -0.1) is 0 Å². The van der Waals surface area contributed by atoms with E-state index in [1.54, 1.807) is 48.5 Å². The fourth-order valence-electron chi connectivity index (χ4n) is 2.66. The van der Waals surface area contributed by atoms with Crippen molar-refractivity contribution in [3.8, 4) is 5.75 Å². The highest BCUT2D eigenvalue weighted by Gasteiger charge is 2.17. The Labute approximate surface area is 165 Å². The highest BCUT2D eigenvalue weighted by Crippen LogP contribution is 2.22. The lowest BCUT2D eigenvalue weighted by molar-refractivity contribution is -0.116. The Balaban J connectivity index is 1.97. The second-order valence-electron chi connectivity index (χ2n) is 6.32. The van der Waals surface area contributed by atoms with Gasteiger partial charge in [-0.2, -0.15) is 0 Å². The zero-order chi connectivity index (χ0) is 20.7. The summed E-state index contributed by atoms with van der Waals surface area (Å²) in [7, 11) is -1.95. The standard InChI is InChI=1S/C20H24N2O5S/c1-15(23)16-6-4-7-17(14-16)21-20(24)8-5-13-22(28(3,25)26)18-9-11-19(27-2)12-10-18/h4,6-7,9-12,14H,5,8,13H2,1-3H3,(H,21,24). The summed E-state index contributed by atoms with van der Waals surface area (Å²) in [6.07, 6.45) is 1.62. The molecule has 0 radical (unpaired) electrons. The normalized spacial score (nSPS) is 11.0. The first-order valence-corrected chi connectivity index (χ1v) is 10.6. The molecule has 28 heavy (non-hydrogen) atoms. The van der Waals surface area contributed by atoms with E-state index in [2.05, 4.69) is 5.32 Å². The zero-order valence-electron chi connectivity index (χ0n) is 16.1. The molecule has 0 saturated heterocycles. The summed E-state index contributed by atoms with van der Waals surface area (Å²) in [5.74, 6) is 0.299. The van der Waals surface area contributed by atoms with Crippen molar-refractivity contribution < 1.29 is 22.7 Å². The van der Waals surface area contributed by atoms with E-state index in [1.807, 2.05) is 0 Å². The predicted octanol–water partition coefficient (Wildman–Crippen LogP) is 3.08. The number of methoxy groups -OCH3 is 1. The molecule has 0 aliphatic carbocycles. The quantitative estimate of drug-likeness (QED) is 0.649. The minimum absolute atomic E-state index is 0.0839. The Hall–Kier alpha value is -2.87. The molecule has 0 aliphatic rings. The van der Waals surface area contributed by atoms with Crippen LogP contribution in [-0.2, 0) is 14.8 Å². The lowest BCUT2D eigenvalue weighted by Gasteiger charge is -2.22. The zero-order valence-corrected chi connectivity index (χ0v) is 17.0. The van der Waals surface area contributed by atoms with Gasteiger partial charge >= 0.3 is 0 Å². The van der Waals surface area contributed by atoms with E-state index < -0.39 is 10.0 Å². The number of sulfonamides is 1. The van der Waals surface area contributed by atoms with Crippen LogP contribution >= 0.6 is 0 Å². The summed E-state index contributed by atoms with van der Waals surface area (Å²) >= 11 is 0. The molecule has 1 N–H and O–H groups in total. The van der Waals surface area contributed by atoms with Gasteiger partial charge in [0, 0.05) is 24.2 Å². The predicted molar refractivity (Wildman–Crippen MR) is 109 cm³/mol. The second-order valence-corrected chi connectivity index (χ2v) is 8.23. The van der Waals surface area contributed by atoms with Crippen LogP contribution in [0.5, 0.6) is 5.75 Å². The van der Waals surface area contributed by atoms with Crippen molar-refractivity contribution >= 4 is 33.1 Å². The number of hydrogen-bond donors (Lipinski definition) is 1. The molecule has 2 aromatic rings. The molecule has 8 heteroatoms. The van der Waals surface area contributed by atoms with Crippen molar-refractivity contribution in [1.29, 1.82) is 0 Å². The number of benzene rings is 2. The van der Waals surface area contributed by atoms with Crippen LogP contribution in [0, 0.1) is 0 Å². The van der Waals surface area contributed by atoms with Crippen LogP contribution in [0.4, 0.5) is 11.4 Å². The number of carbonyl (C=O) groups excluding carboxylic acids is 2. The number of ether oxygens (including phenoxy) is 1. The fourth-order valence-corrected chi connectivity index (χ4v) is 3.62. The largest absolute Gasteiger partial charge is 0.497 e. The average Bonchev–Trinajstić information content (AvgIpc) is 2.64. The topological polar surface area (TPSA) is 92.8 Å². The van der Waals surface area contributed by atoms with E-state index in [9.17, 15) is 18.0 Å². The first-order valence-electron chi connectivity index (χ1n) is 8.73. The monoisotopic (exact) mass is 404 g/mol. The van der Waals surface area contributed by atoms with E-state index in [0.717, 1.165) is 6.26 Å². The third-order valence-electron chi connectivity index (χ3n) is 4.08. The first kappa shape index (κ1) is 21.4. The van der Waals surface area contributed by atoms with E-state index in [4.69, 9.17) is 4.74 Å². The van der Waals surface area contributed by atoms with Crippen molar-refractivity contribution in [1.82, 2.24) is 0 Å². The van der Waals surface area contributed by atoms with Gasteiger partial charge in [0.15, 0.2) is 5.78 Å². The maximum absolute atomic E-state index is 12.2. The van der Waals surface area contributed by atoms with Crippen LogP contribution in [0.15, 0.2) is 48.5 Å². The van der Waals surface area contributed by atoms with Gasteiger partial charge in [0.25, 0.3) is 0 Å². The lowest BCUT2D eigenvalue weighted by Crippen LogP contribution is -2.31. The van der Waals surface area contributed by atoms with Gasteiger partial charge in [0.1, 0.15) is 5.75 Å². The van der Waals surface area contributed by atoms with Crippen molar-refractivity contribution in [2.45, 2.75) is 19.8 Å². The first-order chi connectivity index (χ1) is 13.2. The number of nitrogens with one attached hydrogen (secondary N) is 1. The number of anilines is 2. The summed E-state index contributed by atoms with van der Waals surface area (Å²) in [5, 5.41) is 2.73. The minimum Gasteiger partial charge on any atom is -0.497 e. The van der Waals surface area contributed by atoms with Crippen molar-refractivity contribution in [2.24, 2.45) is 0 Å². The molecule has 0 heterocycles. The van der Waals surface area contributed by atoms with Gasteiger partial charge in [-0.05, 0) is 49.7 Å². The van der Waals surface area contributed by atoms with Gasteiger partial charge < -0.3 is 10.1 Å². The number of rotatable bonds is 9. The van der Waals surface area contributed by atoms with Crippen molar-refractivity contribution in [3.63, 3.8) is 0 Å². The van der Waals surface area contributed by atoms with Crippen molar-refractivity contribution in [2.75, 3.05) is 29.5 Å². The molecule has 0 atom stereocenters. The molecule has 0 spiro atoms. The highest BCUT2D eigenvalue weighted by molar-refractivity contribution is 7.92. The molecule has 0 unspecified atom stereocenters. The van der Waals surface area contributed by atoms with Crippen LogP contribution < -0.4 is 14.4 Å². The third-order valence-corrected chi connectivity index (χ3v) is 5.27. The van der Waals surface area contributed by atoms with Gasteiger partial charge in [-0.3, -0.25) is 13.9 Å². The number of carbonyl (C=O) groups is 2. The van der Waals surface area contributed by atoms with Crippen LogP contribution in [0.3, 0.4) is 0 Å². The number of ketones is 1. The number of hydrogen-bond acceptors (Lipinski definition) is 5. The van der Waals surface area contributed by atoms with Crippen molar-refractivity contribution in [3.05, 3.63) is 54.1 Å². The van der Waals surface area contributed by atoms with Crippen LogP contribution in [0.2, 0.25) is 0 Å². The fraction of sp³-hybridized carbons (Fsp3) is 0.300. The number of nitrogens with zero attached hydrogens (tertiary/aromatic N) is 1. The molecular weight excluding hydrogens is 380 g/mol. The van der Waals surface area contributed by atoms with Crippen LogP contribution in [-0.4, -0.2) is 40.0 Å². The summed E-state index contributed by atoms with van der Waals surface area (Å²) in [4.78, 5) is 23.6. The Bertz CT molecular complexity index is 939. The smallest absolute Gasteiger partial charge is 0.232 e. The van der Waals surface area contributed by atoms with E-state index in [-0.39, 0.29) is 24.7 Å². The Morgan fingerprint density at radius 3 is 2.36 bits per heavy atom. The summed E-state index contributed by atoms with van der Waals surface area (Å²) < 4.78 is 30.6. The van der Waals surface area contributed by atoms with E-state index in [1.165, 1.54) is 18.3 Å². The van der Waals surface area contributed by atoms with E-state index in [0.29, 0.717) is 29.1 Å². The molecule has 0 fully saturated rings.